The summed E-state index contributed by atoms with van der Waals surface area (Å²) >= 11 is 1.95. The molecule has 7 rings (SSSR count). The molecule has 6 aromatic rings. The van der Waals surface area contributed by atoms with Crippen molar-refractivity contribution in [1.29, 1.82) is 0 Å². The molecule has 0 unspecified atom stereocenters. The summed E-state index contributed by atoms with van der Waals surface area (Å²) in [5.74, 6) is 0.957. The summed E-state index contributed by atoms with van der Waals surface area (Å²) in [6, 6.07) is 17.1. The van der Waals surface area contributed by atoms with E-state index < -0.39 is 19.1 Å². The molecule has 0 spiro atoms. The number of carbonyl (C=O) groups is 1. The Hall–Kier alpha value is -3.94. The van der Waals surface area contributed by atoms with Crippen molar-refractivity contribution < 1.29 is 26.2 Å². The van der Waals surface area contributed by atoms with Gasteiger partial charge in [0.15, 0.2) is 0 Å². The average Bonchev–Trinajstić information content (AvgIpc) is 3.82. The van der Waals surface area contributed by atoms with Gasteiger partial charge in [0.2, 0.25) is 27.6 Å². The van der Waals surface area contributed by atoms with Crippen LogP contribution < -0.4 is 0 Å². The van der Waals surface area contributed by atoms with E-state index in [2.05, 4.69) is 27.6 Å². The largest absolute Gasteiger partial charge is 0.340 e. The smallest absolute Gasteiger partial charge is 0.263 e. The number of hydrogen-bond donors (Lipinski definition) is 0. The molecule has 19 heteroatoms. The number of nitrogens with zero attached hydrogens (tertiary/aromatic N) is 8. The fraction of sp³-hybridized carbons (Fsp3) is 0.222. The Balaban J connectivity index is 0.000000238. The third kappa shape index (κ3) is 6.76. The third-order valence-corrected chi connectivity index (χ3v) is 11.4. The van der Waals surface area contributed by atoms with Gasteiger partial charge in [-0.15, -0.1) is 0 Å². The van der Waals surface area contributed by atoms with Crippen molar-refractivity contribution in [3.8, 4) is 11.4 Å². The number of aromatic nitrogens is 6. The molecule has 3 aromatic carbocycles. The molecule has 0 saturated carbocycles. The lowest BCUT2D eigenvalue weighted by Crippen LogP contribution is -2.50. The van der Waals surface area contributed by atoms with E-state index in [1.807, 2.05) is 24.3 Å². The summed E-state index contributed by atoms with van der Waals surface area (Å²) in [6.07, 6.45) is 0.238. The Bertz CT molecular complexity index is 2250. The number of sulfonamides is 1. The first-order chi connectivity index (χ1) is 22.0. The van der Waals surface area contributed by atoms with Gasteiger partial charge in [-0.2, -0.15) is 26.8 Å². The predicted molar refractivity (Wildman–Crippen MR) is 171 cm³/mol. The van der Waals surface area contributed by atoms with E-state index >= 15 is 0 Å². The number of hydrogen-bond acceptors (Lipinski definition) is 14. The van der Waals surface area contributed by atoms with Gasteiger partial charge >= 0.3 is 0 Å². The van der Waals surface area contributed by atoms with Gasteiger partial charge in [0.05, 0.1) is 29.9 Å². The molecule has 0 N–H and O–H groups in total. The van der Waals surface area contributed by atoms with Crippen LogP contribution in [0.3, 0.4) is 0 Å². The van der Waals surface area contributed by atoms with Gasteiger partial charge in [-0.25, -0.2) is 16.8 Å². The van der Waals surface area contributed by atoms with E-state index in [-0.39, 0.29) is 35.2 Å². The summed E-state index contributed by atoms with van der Waals surface area (Å²) in [4.78, 5) is 18.9. The van der Waals surface area contributed by atoms with E-state index in [0.29, 0.717) is 46.9 Å². The first kappa shape index (κ1) is 32.0. The normalized spacial score (nSPS) is 14.3. The predicted octanol–water partition coefficient (Wildman–Crippen LogP) is 3.74. The highest BCUT2D eigenvalue weighted by Gasteiger charge is 2.32. The highest BCUT2D eigenvalue weighted by Crippen LogP contribution is 2.26. The molecule has 0 atom stereocenters. The first-order valence-electron chi connectivity index (χ1n) is 13.6. The number of rotatable bonds is 6. The van der Waals surface area contributed by atoms with Crippen molar-refractivity contribution in [1.82, 2.24) is 36.8 Å². The standard InChI is InChI=1S/C21H20N6O4S2.C6H3ClN2O2S2/c1-14-22-21(23-31-14)16-7-5-15(6-8-16)13-19(28)26-9-11-27(12-10-26)33(29,30)18-4-2-3-17-20(18)25-32-24-17;7-13(10,11)5-3-1-2-4-6(5)9-12-8-4/h2-8H,9-13H2,1H3;1-3H. The zero-order chi connectivity index (χ0) is 32.5. The van der Waals surface area contributed by atoms with Gasteiger partial charge in [-0.1, -0.05) is 41.6 Å². The minimum atomic E-state index is -3.72. The minimum absolute atomic E-state index is 0.0143. The van der Waals surface area contributed by atoms with Crippen LogP contribution in [0.1, 0.15) is 11.5 Å². The third-order valence-electron chi connectivity index (χ3n) is 7.06. The Labute approximate surface area is 275 Å². The van der Waals surface area contributed by atoms with Crippen LogP contribution in [-0.4, -0.2) is 85.8 Å². The van der Waals surface area contributed by atoms with Crippen LogP contribution in [0.25, 0.3) is 33.5 Å². The Kier molecular flexibility index (Phi) is 9.08. The van der Waals surface area contributed by atoms with E-state index in [1.165, 1.54) is 10.4 Å². The molecule has 1 aliphatic rings. The second-order valence-corrected chi connectivity index (χ2v) is 15.5. The number of halogens is 1. The van der Waals surface area contributed by atoms with E-state index in [9.17, 15) is 21.6 Å². The molecule has 1 saturated heterocycles. The van der Waals surface area contributed by atoms with Gasteiger partial charge in [-0.05, 0) is 29.8 Å². The summed E-state index contributed by atoms with van der Waals surface area (Å²) < 4.78 is 70.8. The summed E-state index contributed by atoms with van der Waals surface area (Å²) in [5, 5.41) is 3.89. The maximum atomic E-state index is 13.2. The van der Waals surface area contributed by atoms with E-state index in [0.717, 1.165) is 34.6 Å². The molecule has 0 aliphatic carbocycles. The van der Waals surface area contributed by atoms with E-state index in [4.69, 9.17) is 15.2 Å². The summed E-state index contributed by atoms with van der Waals surface area (Å²) in [7, 11) is -2.24. The highest BCUT2D eigenvalue weighted by molar-refractivity contribution is 8.14. The highest BCUT2D eigenvalue weighted by atomic mass is 35.7. The quantitative estimate of drug-likeness (QED) is 0.228. The molecule has 3 aromatic heterocycles. The first-order valence-corrected chi connectivity index (χ1v) is 18.8. The fourth-order valence-corrected chi connectivity index (χ4v) is 8.54. The fourth-order valence-electron chi connectivity index (χ4n) is 4.76. The second kappa shape index (κ2) is 13.0. The van der Waals surface area contributed by atoms with Crippen LogP contribution in [0, 0.1) is 6.92 Å². The van der Waals surface area contributed by atoms with Crippen LogP contribution in [-0.2, 0) is 30.3 Å². The van der Waals surface area contributed by atoms with Crippen molar-refractivity contribution >= 4 is 81.2 Å². The Morgan fingerprint density at radius 3 is 1.98 bits per heavy atom. The molecule has 4 heterocycles. The molecule has 238 valence electrons. The van der Waals surface area contributed by atoms with Crippen LogP contribution in [0.15, 0.2) is 75.0 Å². The molecular formula is C27H23ClN8O6S4. The average molecular weight is 719 g/mol. The molecule has 0 radical (unpaired) electrons. The van der Waals surface area contributed by atoms with Gasteiger partial charge < -0.3 is 9.42 Å². The topological polar surface area (TPSA) is 182 Å². The van der Waals surface area contributed by atoms with Crippen LogP contribution in [0.4, 0.5) is 0 Å². The van der Waals surface area contributed by atoms with E-state index in [1.54, 1.807) is 42.2 Å². The molecule has 1 fully saturated rings. The summed E-state index contributed by atoms with van der Waals surface area (Å²) in [5.41, 5.74) is 3.51. The molecule has 1 aliphatic heterocycles. The van der Waals surface area contributed by atoms with Crippen molar-refractivity contribution in [2.45, 2.75) is 23.1 Å². The lowest BCUT2D eigenvalue weighted by atomic mass is 10.1. The molecule has 1 amide bonds. The number of aryl methyl sites for hydroxylation is 1. The van der Waals surface area contributed by atoms with Crippen LogP contribution in [0.2, 0.25) is 0 Å². The SMILES string of the molecule is Cc1nc(-c2ccc(CC(=O)N3CCN(S(=O)(=O)c4cccc5nsnc45)CC3)cc2)no1.O=S(=O)(Cl)c1cccc2nsnc12. The molecule has 46 heavy (non-hydrogen) atoms. The lowest BCUT2D eigenvalue weighted by molar-refractivity contribution is -0.131. The van der Waals surface area contributed by atoms with Crippen molar-refractivity contribution in [3.05, 3.63) is 72.1 Å². The molecular weight excluding hydrogens is 696 g/mol. The van der Waals surface area contributed by atoms with Crippen LogP contribution >= 0.6 is 34.1 Å². The minimum Gasteiger partial charge on any atom is -0.340 e. The molecule has 0 bridgehead atoms. The van der Waals surface area contributed by atoms with Crippen molar-refractivity contribution in [2.24, 2.45) is 0 Å². The van der Waals surface area contributed by atoms with Crippen LogP contribution in [0.5, 0.6) is 0 Å². The van der Waals surface area contributed by atoms with Gasteiger partial charge in [0.25, 0.3) is 9.05 Å². The monoisotopic (exact) mass is 718 g/mol. The van der Waals surface area contributed by atoms with Gasteiger partial charge in [-0.3, -0.25) is 4.79 Å². The number of benzene rings is 3. The van der Waals surface area contributed by atoms with Gasteiger partial charge in [0, 0.05) is 49.3 Å². The summed E-state index contributed by atoms with van der Waals surface area (Å²) in [6.45, 7) is 2.87. The maximum Gasteiger partial charge on any atom is 0.263 e. The second-order valence-electron chi connectivity index (χ2n) is 10.0. The Morgan fingerprint density at radius 1 is 0.826 bits per heavy atom. The Morgan fingerprint density at radius 2 is 1.41 bits per heavy atom. The molecule has 14 nitrogen and oxygen atoms in total. The zero-order valence-electron chi connectivity index (χ0n) is 23.8. The van der Waals surface area contributed by atoms with Gasteiger partial charge in [0.1, 0.15) is 31.9 Å². The zero-order valence-corrected chi connectivity index (χ0v) is 27.9. The van der Waals surface area contributed by atoms with Crippen molar-refractivity contribution in [3.63, 3.8) is 0 Å². The number of amides is 1. The lowest BCUT2D eigenvalue weighted by Gasteiger charge is -2.34. The number of fused-ring (bicyclic) bond motifs is 2. The number of carbonyl (C=O) groups excluding carboxylic acids is 1. The van der Waals surface area contributed by atoms with Crippen molar-refractivity contribution in [2.75, 3.05) is 26.2 Å². The number of piperazine rings is 1. The maximum absolute atomic E-state index is 13.2.